The van der Waals surface area contributed by atoms with Crippen LogP contribution in [0.4, 0.5) is 13.2 Å². The van der Waals surface area contributed by atoms with Gasteiger partial charge in [-0.25, -0.2) is 18.9 Å². The number of aliphatic imine (C=N–C) groups is 2. The molecule has 0 bridgehead atoms. The van der Waals surface area contributed by atoms with E-state index in [2.05, 4.69) is 26.3 Å². The van der Waals surface area contributed by atoms with Gasteiger partial charge in [0.15, 0.2) is 0 Å². The number of hydrogen-bond acceptors (Lipinski definition) is 6. The van der Waals surface area contributed by atoms with E-state index in [0.717, 1.165) is 29.5 Å². The summed E-state index contributed by atoms with van der Waals surface area (Å²) in [5.41, 5.74) is 2.51. The Morgan fingerprint density at radius 3 is 2.32 bits per heavy atom. The largest absolute Gasteiger partial charge is 0.481 e. The number of benzene rings is 1. The van der Waals surface area contributed by atoms with Crippen LogP contribution in [-0.4, -0.2) is 48.3 Å². The first-order valence-corrected chi connectivity index (χ1v) is 12.9. The van der Waals surface area contributed by atoms with E-state index in [1.165, 1.54) is 7.11 Å². The van der Waals surface area contributed by atoms with Gasteiger partial charge in [-0.2, -0.15) is 13.2 Å². The zero-order valence-electron chi connectivity index (χ0n) is 21.8. The molecule has 0 amide bonds. The third-order valence-corrected chi connectivity index (χ3v) is 5.20. The van der Waals surface area contributed by atoms with Gasteiger partial charge in [0.05, 0.1) is 34.9 Å². The molecule has 2 aromatic rings. The lowest BCUT2D eigenvalue weighted by atomic mass is 10.1. The van der Waals surface area contributed by atoms with Crippen molar-refractivity contribution in [1.29, 1.82) is 0 Å². The quantitative estimate of drug-likeness (QED) is 0.314. The number of rotatable bonds is 10. The Kier molecular flexibility index (Phi) is 13.5. The predicted octanol–water partition coefficient (Wildman–Crippen LogP) is 5.62. The zero-order chi connectivity index (χ0) is 28.0. The highest BCUT2D eigenvalue weighted by molar-refractivity contribution is 7.82. The van der Waals surface area contributed by atoms with E-state index >= 15 is 0 Å². The molecule has 0 saturated carbocycles. The normalized spacial score (nSPS) is 13.4. The summed E-state index contributed by atoms with van der Waals surface area (Å²) >= 11 is 0. The Balaban J connectivity index is 0.00000334. The van der Waals surface area contributed by atoms with Crippen LogP contribution >= 0.6 is 0 Å². The first-order chi connectivity index (χ1) is 17.5. The summed E-state index contributed by atoms with van der Waals surface area (Å²) in [4.78, 5) is 12.2. The maximum atomic E-state index is 12.7. The fourth-order valence-corrected chi connectivity index (χ4v) is 3.14. The van der Waals surface area contributed by atoms with Gasteiger partial charge < -0.3 is 9.47 Å². The molecule has 1 N–H and O–H groups in total. The van der Waals surface area contributed by atoms with Crippen molar-refractivity contribution in [2.45, 2.75) is 33.5 Å². The molecule has 1 heterocycles. The average molecular weight is 539 g/mol. The summed E-state index contributed by atoms with van der Waals surface area (Å²) in [5.74, 6) is 0.293. The lowest BCUT2D eigenvalue weighted by molar-refractivity contribution is -0.137. The van der Waals surface area contributed by atoms with Crippen LogP contribution in [0, 0.1) is 0 Å². The monoisotopic (exact) mass is 538 g/mol. The van der Waals surface area contributed by atoms with Gasteiger partial charge in [0.1, 0.15) is 6.61 Å². The molecule has 2 rings (SSSR count). The second kappa shape index (κ2) is 15.7. The highest BCUT2D eigenvalue weighted by atomic mass is 32.2. The molecule has 0 spiro atoms. The van der Waals surface area contributed by atoms with Crippen molar-refractivity contribution in [3.8, 4) is 5.88 Å². The van der Waals surface area contributed by atoms with Crippen LogP contribution in [0.3, 0.4) is 0 Å². The number of nitrogens with zero attached hydrogens (tertiary/aromatic N) is 3. The molecule has 202 valence electrons. The number of nitrogens with one attached hydrogen (secondary N) is 1. The summed E-state index contributed by atoms with van der Waals surface area (Å²) in [7, 11) is 1.94. The van der Waals surface area contributed by atoms with Crippen LogP contribution < -0.4 is 9.46 Å². The van der Waals surface area contributed by atoms with E-state index in [1.54, 1.807) is 26.4 Å². The number of aromatic nitrogens is 1. The molecule has 1 aromatic heterocycles. The molecule has 0 aliphatic rings. The van der Waals surface area contributed by atoms with Crippen molar-refractivity contribution >= 4 is 28.8 Å². The Labute approximate surface area is 218 Å². The lowest BCUT2D eigenvalue weighted by Crippen LogP contribution is -2.14. The SMILES string of the molecule is C=C(N=C(OC)/C(C=NC)=C(/C)COc1ccc(C(F)(F)F)cn1)c1ccc(CNS(C)=O)cc1.CC. The average Bonchev–Trinajstić information content (AvgIpc) is 2.89. The van der Waals surface area contributed by atoms with E-state index in [4.69, 9.17) is 9.47 Å². The van der Waals surface area contributed by atoms with E-state index in [1.807, 2.05) is 38.1 Å². The van der Waals surface area contributed by atoms with Crippen molar-refractivity contribution < 1.29 is 26.9 Å². The topological polar surface area (TPSA) is 85.2 Å². The number of alkyl halides is 3. The minimum Gasteiger partial charge on any atom is -0.481 e. The third kappa shape index (κ3) is 10.7. The highest BCUT2D eigenvalue weighted by Crippen LogP contribution is 2.29. The summed E-state index contributed by atoms with van der Waals surface area (Å²) in [6.07, 6.45) is -0.633. The lowest BCUT2D eigenvalue weighted by Gasteiger charge is -2.13. The zero-order valence-corrected chi connectivity index (χ0v) is 22.7. The van der Waals surface area contributed by atoms with Gasteiger partial charge in [-0.15, -0.1) is 0 Å². The van der Waals surface area contributed by atoms with Crippen molar-refractivity contribution in [3.05, 3.63) is 77.0 Å². The number of halogens is 3. The van der Waals surface area contributed by atoms with Crippen LogP contribution in [0.5, 0.6) is 5.88 Å². The summed E-state index contributed by atoms with van der Waals surface area (Å²) < 4.78 is 63.2. The van der Waals surface area contributed by atoms with Crippen molar-refractivity contribution in [2.24, 2.45) is 9.98 Å². The van der Waals surface area contributed by atoms with Gasteiger partial charge in [0.2, 0.25) is 11.8 Å². The maximum Gasteiger partial charge on any atom is 0.417 e. The number of hydrogen-bond donors (Lipinski definition) is 1. The molecule has 1 atom stereocenters. The molecule has 37 heavy (non-hydrogen) atoms. The van der Waals surface area contributed by atoms with Crippen LogP contribution in [-0.2, 0) is 28.4 Å². The van der Waals surface area contributed by atoms with Crippen LogP contribution in [0.2, 0.25) is 0 Å². The molecule has 0 saturated heterocycles. The van der Waals surface area contributed by atoms with Gasteiger partial charge in [0.25, 0.3) is 0 Å². The van der Waals surface area contributed by atoms with Gasteiger partial charge in [-0.05, 0) is 29.7 Å². The smallest absolute Gasteiger partial charge is 0.417 e. The van der Waals surface area contributed by atoms with Gasteiger partial charge in [0, 0.05) is 38.3 Å². The maximum absolute atomic E-state index is 12.7. The molecule has 11 heteroatoms. The molecule has 0 aliphatic heterocycles. The first-order valence-electron chi connectivity index (χ1n) is 11.3. The molecule has 1 aromatic carbocycles. The Morgan fingerprint density at radius 2 is 1.84 bits per heavy atom. The summed E-state index contributed by atoms with van der Waals surface area (Å²) in [6, 6.07) is 9.51. The van der Waals surface area contributed by atoms with Gasteiger partial charge in [-0.1, -0.05) is 44.7 Å². The van der Waals surface area contributed by atoms with E-state index in [-0.39, 0.29) is 18.4 Å². The predicted molar refractivity (Wildman–Crippen MR) is 144 cm³/mol. The first kappa shape index (κ1) is 31.7. The third-order valence-electron chi connectivity index (χ3n) is 4.65. The van der Waals surface area contributed by atoms with Gasteiger partial charge in [-0.3, -0.25) is 4.99 Å². The van der Waals surface area contributed by atoms with E-state index < -0.39 is 22.7 Å². The highest BCUT2D eigenvalue weighted by Gasteiger charge is 2.30. The second-order valence-electron chi connectivity index (χ2n) is 7.29. The van der Waals surface area contributed by atoms with E-state index in [9.17, 15) is 17.4 Å². The fourth-order valence-electron chi connectivity index (χ4n) is 2.77. The molecule has 0 aliphatic carbocycles. The second-order valence-corrected chi connectivity index (χ2v) is 8.49. The molecule has 7 nitrogen and oxygen atoms in total. The number of pyridine rings is 1. The number of methoxy groups -OCH3 is 1. The van der Waals surface area contributed by atoms with Gasteiger partial charge >= 0.3 is 6.18 Å². The minimum atomic E-state index is -4.47. The van der Waals surface area contributed by atoms with Crippen LogP contribution in [0.1, 0.15) is 37.5 Å². The molecule has 0 fully saturated rings. The minimum absolute atomic E-state index is 0.0229. The Hall–Kier alpha value is -3.31. The Morgan fingerprint density at radius 1 is 1.19 bits per heavy atom. The number of ether oxygens (including phenoxy) is 2. The van der Waals surface area contributed by atoms with Crippen LogP contribution in [0.15, 0.2) is 70.3 Å². The van der Waals surface area contributed by atoms with Crippen molar-refractivity contribution in [1.82, 2.24) is 9.71 Å². The molecular weight excluding hydrogens is 505 g/mol. The van der Waals surface area contributed by atoms with E-state index in [0.29, 0.717) is 23.4 Å². The molecular formula is C26H33F3N4O3S. The summed E-state index contributed by atoms with van der Waals surface area (Å²) in [5, 5.41) is 0. The van der Waals surface area contributed by atoms with Crippen molar-refractivity contribution in [3.63, 3.8) is 0 Å². The summed E-state index contributed by atoms with van der Waals surface area (Å²) in [6.45, 7) is 10.3. The molecule has 1 unspecified atom stereocenters. The Bertz CT molecular complexity index is 1130. The fraction of sp³-hybridized carbons (Fsp3) is 0.346. The van der Waals surface area contributed by atoms with Crippen LogP contribution in [0.25, 0.3) is 5.70 Å². The standard InChI is InChI=1S/C24H27F3N4O3S.C2H6/c1-16(15-34-22-11-10-20(13-29-22)24(25,26)27)21(14-28-3)23(33-4)31-17(2)19-8-6-18(7-9-19)12-30-35(5)32;1-2/h6-11,13-14,30H,2,12,15H2,1,3-5H3;1-2H3/b21-16-,28-14?,31-23?;. The van der Waals surface area contributed by atoms with Crippen molar-refractivity contribution in [2.75, 3.05) is 27.0 Å². The molecule has 0 radical (unpaired) electrons.